The fourth-order valence-corrected chi connectivity index (χ4v) is 3.21. The maximum atomic E-state index is 13.9. The number of halogens is 1. The highest BCUT2D eigenvalue weighted by Gasteiger charge is 2.17. The minimum atomic E-state index is -0.267. The summed E-state index contributed by atoms with van der Waals surface area (Å²) in [5.41, 5.74) is 2.04. The van der Waals surface area contributed by atoms with Gasteiger partial charge in [-0.3, -0.25) is 4.79 Å². The van der Waals surface area contributed by atoms with Gasteiger partial charge in [-0.1, -0.05) is 24.3 Å². The Morgan fingerprint density at radius 3 is 2.95 bits per heavy atom. The van der Waals surface area contributed by atoms with Gasteiger partial charge in [0.2, 0.25) is 0 Å². The lowest BCUT2D eigenvalue weighted by atomic mass is 10.2. The number of nitrogens with zero attached hydrogens (tertiary/aromatic N) is 1. The van der Waals surface area contributed by atoms with Gasteiger partial charge in [0.05, 0.1) is 16.8 Å². The molecule has 2 aromatic heterocycles. The van der Waals surface area contributed by atoms with Crippen molar-refractivity contribution in [3.05, 3.63) is 71.5 Å². The maximum absolute atomic E-state index is 13.9. The number of thiophene rings is 1. The number of benzene rings is 1. The maximum Gasteiger partial charge on any atom is 0.268 e. The molecule has 0 aliphatic heterocycles. The lowest BCUT2D eigenvalue weighted by Crippen LogP contribution is -2.26. The summed E-state index contributed by atoms with van der Waals surface area (Å²) in [4.78, 5) is 12.3. The quantitative estimate of drug-likeness (QED) is 0.714. The summed E-state index contributed by atoms with van der Waals surface area (Å²) in [6.45, 7) is 4.32. The van der Waals surface area contributed by atoms with Gasteiger partial charge >= 0.3 is 0 Å². The molecule has 0 unspecified atom stereocenters. The van der Waals surface area contributed by atoms with Gasteiger partial charge in [-0.05, 0) is 23.6 Å². The van der Waals surface area contributed by atoms with Crippen molar-refractivity contribution in [1.29, 1.82) is 0 Å². The standard InChI is InChI=1S/C17H15FN2OS/c1-2-8-19-17(21)15-10-16-14(7-9-22-16)20(15)11-12-5-3-4-6-13(12)18/h2-7,9-10H,1,8,11H2,(H,19,21). The Morgan fingerprint density at radius 1 is 1.36 bits per heavy atom. The minimum absolute atomic E-state index is 0.181. The SMILES string of the molecule is C=CCNC(=O)c1cc2sccc2n1Cc1ccccc1F. The Kier molecular flexibility index (Phi) is 4.06. The number of rotatable bonds is 5. The van der Waals surface area contributed by atoms with E-state index in [-0.39, 0.29) is 11.7 Å². The molecule has 112 valence electrons. The number of nitrogens with one attached hydrogen (secondary N) is 1. The van der Waals surface area contributed by atoms with Crippen molar-refractivity contribution >= 4 is 27.5 Å². The molecule has 0 saturated heterocycles. The normalized spacial score (nSPS) is 10.8. The van der Waals surface area contributed by atoms with E-state index in [1.165, 1.54) is 6.07 Å². The van der Waals surface area contributed by atoms with Crippen LogP contribution in [0.1, 0.15) is 16.1 Å². The second-order valence-electron chi connectivity index (χ2n) is 4.88. The highest BCUT2D eigenvalue weighted by molar-refractivity contribution is 7.17. The van der Waals surface area contributed by atoms with E-state index in [4.69, 9.17) is 0 Å². The van der Waals surface area contributed by atoms with E-state index in [0.717, 1.165) is 10.2 Å². The van der Waals surface area contributed by atoms with Crippen LogP contribution in [-0.2, 0) is 6.54 Å². The summed E-state index contributed by atoms with van der Waals surface area (Å²) < 4.78 is 16.8. The molecule has 1 amide bonds. The largest absolute Gasteiger partial charge is 0.347 e. The lowest BCUT2D eigenvalue weighted by molar-refractivity contribution is 0.0949. The number of carbonyl (C=O) groups is 1. The Morgan fingerprint density at radius 2 is 2.18 bits per heavy atom. The molecule has 0 aliphatic carbocycles. The molecule has 0 fully saturated rings. The summed E-state index contributed by atoms with van der Waals surface area (Å²) in [6.07, 6.45) is 1.63. The summed E-state index contributed by atoms with van der Waals surface area (Å²) >= 11 is 1.56. The molecule has 3 aromatic rings. The first-order valence-corrected chi connectivity index (χ1v) is 7.78. The highest BCUT2D eigenvalue weighted by atomic mass is 32.1. The first kappa shape index (κ1) is 14.5. The van der Waals surface area contributed by atoms with Gasteiger partial charge in [0.1, 0.15) is 11.5 Å². The van der Waals surface area contributed by atoms with Crippen molar-refractivity contribution in [2.75, 3.05) is 6.54 Å². The van der Waals surface area contributed by atoms with Crippen LogP contribution in [0.25, 0.3) is 10.2 Å². The summed E-state index contributed by atoms with van der Waals surface area (Å²) in [5.74, 6) is -0.448. The zero-order valence-corrected chi connectivity index (χ0v) is 12.7. The van der Waals surface area contributed by atoms with Crippen LogP contribution in [0.2, 0.25) is 0 Å². The molecule has 3 nitrogen and oxygen atoms in total. The van der Waals surface area contributed by atoms with E-state index < -0.39 is 0 Å². The van der Waals surface area contributed by atoms with E-state index in [1.807, 2.05) is 22.1 Å². The molecule has 1 N–H and O–H groups in total. The zero-order chi connectivity index (χ0) is 15.5. The molecule has 5 heteroatoms. The van der Waals surface area contributed by atoms with Gasteiger partial charge in [-0.25, -0.2) is 4.39 Å². The topological polar surface area (TPSA) is 34.0 Å². The van der Waals surface area contributed by atoms with Crippen LogP contribution in [0.3, 0.4) is 0 Å². The van der Waals surface area contributed by atoms with Gasteiger partial charge < -0.3 is 9.88 Å². The third-order valence-corrected chi connectivity index (χ3v) is 4.30. The zero-order valence-electron chi connectivity index (χ0n) is 11.9. The van der Waals surface area contributed by atoms with Crippen molar-refractivity contribution in [3.8, 4) is 0 Å². The Hall–Kier alpha value is -2.40. The second-order valence-corrected chi connectivity index (χ2v) is 5.82. The van der Waals surface area contributed by atoms with Crippen molar-refractivity contribution < 1.29 is 9.18 Å². The Bertz CT molecular complexity index is 834. The first-order valence-electron chi connectivity index (χ1n) is 6.90. The van der Waals surface area contributed by atoms with E-state index in [9.17, 15) is 9.18 Å². The molecule has 0 saturated carbocycles. The van der Waals surface area contributed by atoms with E-state index in [1.54, 1.807) is 35.6 Å². The lowest BCUT2D eigenvalue weighted by Gasteiger charge is -2.11. The van der Waals surface area contributed by atoms with E-state index in [0.29, 0.717) is 24.3 Å². The van der Waals surface area contributed by atoms with Crippen molar-refractivity contribution in [1.82, 2.24) is 9.88 Å². The van der Waals surface area contributed by atoms with Crippen LogP contribution in [0.4, 0.5) is 4.39 Å². The van der Waals surface area contributed by atoms with Crippen LogP contribution in [0, 0.1) is 5.82 Å². The molecule has 0 atom stereocenters. The fourth-order valence-electron chi connectivity index (χ4n) is 2.39. The molecule has 0 bridgehead atoms. The van der Waals surface area contributed by atoms with Crippen molar-refractivity contribution in [3.63, 3.8) is 0 Å². The molecular formula is C17H15FN2OS. The summed E-state index contributed by atoms with van der Waals surface area (Å²) in [6, 6.07) is 10.4. The van der Waals surface area contributed by atoms with Gasteiger partial charge in [-0.15, -0.1) is 17.9 Å². The van der Waals surface area contributed by atoms with E-state index in [2.05, 4.69) is 11.9 Å². The van der Waals surface area contributed by atoms with Crippen molar-refractivity contribution in [2.24, 2.45) is 0 Å². The molecule has 0 radical (unpaired) electrons. The number of carbonyl (C=O) groups excluding carboxylic acids is 1. The summed E-state index contributed by atoms with van der Waals surface area (Å²) in [7, 11) is 0. The van der Waals surface area contributed by atoms with Gasteiger partial charge in [0.15, 0.2) is 0 Å². The monoisotopic (exact) mass is 314 g/mol. The molecule has 0 spiro atoms. The molecule has 3 rings (SSSR count). The molecule has 0 aliphatic rings. The smallest absolute Gasteiger partial charge is 0.268 e. The number of aromatic nitrogens is 1. The predicted molar refractivity (Wildman–Crippen MR) is 87.8 cm³/mol. The fraction of sp³-hybridized carbons (Fsp3) is 0.118. The van der Waals surface area contributed by atoms with Crippen LogP contribution in [0.15, 0.2) is 54.4 Å². The van der Waals surface area contributed by atoms with Gasteiger partial charge in [0.25, 0.3) is 5.91 Å². The van der Waals surface area contributed by atoms with Gasteiger partial charge in [-0.2, -0.15) is 0 Å². The Labute approximate surface area is 131 Å². The number of fused-ring (bicyclic) bond motifs is 1. The van der Waals surface area contributed by atoms with E-state index >= 15 is 0 Å². The Balaban J connectivity index is 2.02. The molecule has 22 heavy (non-hydrogen) atoms. The minimum Gasteiger partial charge on any atom is -0.347 e. The van der Waals surface area contributed by atoms with Crippen LogP contribution < -0.4 is 5.32 Å². The third-order valence-electron chi connectivity index (χ3n) is 3.45. The third kappa shape index (κ3) is 2.67. The molecular weight excluding hydrogens is 299 g/mol. The van der Waals surface area contributed by atoms with Crippen LogP contribution >= 0.6 is 11.3 Å². The first-order chi connectivity index (χ1) is 10.7. The number of amides is 1. The summed E-state index contributed by atoms with van der Waals surface area (Å²) in [5, 5.41) is 4.74. The van der Waals surface area contributed by atoms with Gasteiger partial charge in [0, 0.05) is 12.1 Å². The molecule has 1 aromatic carbocycles. The average Bonchev–Trinajstić information content (AvgIpc) is 3.09. The predicted octanol–water partition coefficient (Wildman–Crippen LogP) is 3.81. The number of hydrogen-bond donors (Lipinski definition) is 1. The highest BCUT2D eigenvalue weighted by Crippen LogP contribution is 2.26. The van der Waals surface area contributed by atoms with Crippen LogP contribution in [-0.4, -0.2) is 17.0 Å². The number of hydrogen-bond acceptors (Lipinski definition) is 2. The average molecular weight is 314 g/mol. The molecule has 2 heterocycles. The van der Waals surface area contributed by atoms with Crippen LogP contribution in [0.5, 0.6) is 0 Å². The second kappa shape index (κ2) is 6.15. The van der Waals surface area contributed by atoms with Crippen molar-refractivity contribution in [2.45, 2.75) is 6.54 Å².